The Morgan fingerprint density at radius 1 is 1.06 bits per heavy atom. The Hall–Kier alpha value is -4.72. The minimum Gasteiger partial charge on any atom is -0.383 e. The molecule has 0 aliphatic carbocycles. The van der Waals surface area contributed by atoms with Crippen LogP contribution >= 0.6 is 0 Å². The molecule has 2 aliphatic heterocycles. The minimum atomic E-state index is -0.969. The third kappa shape index (κ3) is 7.42. The number of aryl methyl sites for hydroxylation is 2. The number of carbonyl (C=O) groups is 1. The molecule has 280 valence electrons. The van der Waals surface area contributed by atoms with E-state index in [9.17, 15) is 4.79 Å². The summed E-state index contributed by atoms with van der Waals surface area (Å²) in [5.74, 6) is -0.235. The van der Waals surface area contributed by atoms with Gasteiger partial charge >= 0.3 is 0 Å². The van der Waals surface area contributed by atoms with Crippen LogP contribution in [0.2, 0.25) is 0 Å². The van der Waals surface area contributed by atoms with Crippen LogP contribution in [-0.2, 0) is 17.7 Å². The summed E-state index contributed by atoms with van der Waals surface area (Å²) in [5, 5.41) is 14.4. The number of methoxy groups -OCH3 is 1. The van der Waals surface area contributed by atoms with E-state index in [0.29, 0.717) is 66.0 Å². The van der Waals surface area contributed by atoms with E-state index in [4.69, 9.17) is 4.74 Å². The molecule has 0 radical (unpaired) electrons. The summed E-state index contributed by atoms with van der Waals surface area (Å²) in [6.07, 6.45) is 7.70. The number of carbonyl (C=O) groups excluding carboxylic acids is 1. The van der Waals surface area contributed by atoms with Gasteiger partial charge in [-0.25, -0.2) is 18.7 Å². The largest absolute Gasteiger partial charge is 0.383 e. The monoisotopic (exact) mass is 726 g/mol. The molecular formula is C40H50F2N9O2+. The number of amides is 1. The molecule has 13 heteroatoms. The van der Waals surface area contributed by atoms with Crippen LogP contribution in [0.15, 0.2) is 48.9 Å². The fourth-order valence-electron chi connectivity index (χ4n) is 8.02. The van der Waals surface area contributed by atoms with Crippen LogP contribution in [0.4, 0.5) is 20.3 Å². The summed E-state index contributed by atoms with van der Waals surface area (Å²) in [7, 11) is 3.99. The first kappa shape index (κ1) is 36.6. The highest BCUT2D eigenvalue weighted by Gasteiger charge is 2.34. The number of quaternary nitrogens is 1. The highest BCUT2D eigenvalue weighted by molar-refractivity contribution is 5.96. The molecule has 53 heavy (non-hydrogen) atoms. The van der Waals surface area contributed by atoms with Gasteiger partial charge in [0.05, 0.1) is 57.4 Å². The Morgan fingerprint density at radius 2 is 1.81 bits per heavy atom. The van der Waals surface area contributed by atoms with Crippen LogP contribution in [0, 0.1) is 37.3 Å². The zero-order valence-electron chi connectivity index (χ0n) is 31.3. The minimum absolute atomic E-state index is 0.0552. The molecule has 2 aliphatic rings. The Labute approximate surface area is 309 Å². The van der Waals surface area contributed by atoms with Crippen molar-refractivity contribution in [2.45, 2.75) is 46.6 Å². The van der Waals surface area contributed by atoms with Crippen molar-refractivity contribution >= 4 is 23.1 Å². The van der Waals surface area contributed by atoms with Gasteiger partial charge in [-0.2, -0.15) is 5.10 Å². The van der Waals surface area contributed by atoms with Gasteiger partial charge in [0.15, 0.2) is 23.1 Å². The third-order valence-electron chi connectivity index (χ3n) is 11.2. The molecule has 7 rings (SSSR count). The molecule has 3 N–H and O–H groups in total. The predicted molar refractivity (Wildman–Crippen MR) is 202 cm³/mol. The fraction of sp³-hybridized carbons (Fsp3) is 0.450. The van der Waals surface area contributed by atoms with Crippen molar-refractivity contribution in [3.05, 3.63) is 83.1 Å². The lowest BCUT2D eigenvalue weighted by molar-refractivity contribution is -0.918. The number of nitrogens with zero attached hydrogens (tertiary/aromatic N) is 6. The van der Waals surface area contributed by atoms with Crippen LogP contribution in [0.25, 0.3) is 28.0 Å². The van der Waals surface area contributed by atoms with Gasteiger partial charge in [-0.1, -0.05) is 13.0 Å². The predicted octanol–water partition coefficient (Wildman–Crippen LogP) is 5.91. The second kappa shape index (κ2) is 15.3. The van der Waals surface area contributed by atoms with Crippen LogP contribution in [0.5, 0.6) is 0 Å². The Balaban J connectivity index is 1.05. The number of rotatable bonds is 13. The molecule has 0 atom stereocenters. The molecule has 3 aromatic heterocycles. The molecule has 0 spiro atoms. The first-order valence-corrected chi connectivity index (χ1v) is 18.6. The standard InChI is InChI=1S/C40H49F2N9O2/c1-6-29-19-30(7-8-31(29)40(52)46-22-27-11-16-51(4,17-12-27)24-28-20-43-21-28)47-38-39-45-23-34(49(39)14-13-44-38)32-9-10-33(37(42)36(32)41)35-25(2)48-50(26(35)3)15-18-53-5/h7-10,13-14,19,23,27-28,43H,6,11-12,15-18,20-22,24H2,1-5H3,(H-,44,46,47,52)/p+1. The number of hydrogen-bond acceptors (Lipinski definition) is 7. The third-order valence-corrected chi connectivity index (χ3v) is 11.2. The lowest BCUT2D eigenvalue weighted by atomic mass is 9.92. The van der Waals surface area contributed by atoms with E-state index in [0.717, 1.165) is 66.4 Å². The number of piperidine rings is 1. The van der Waals surface area contributed by atoms with Crippen molar-refractivity contribution < 1.29 is 22.8 Å². The number of aromatic nitrogens is 5. The molecule has 1 amide bonds. The van der Waals surface area contributed by atoms with Crippen LogP contribution in [-0.4, -0.2) is 94.6 Å². The quantitative estimate of drug-likeness (QED) is 0.130. The van der Waals surface area contributed by atoms with E-state index in [1.54, 1.807) is 47.6 Å². The van der Waals surface area contributed by atoms with E-state index >= 15 is 8.78 Å². The van der Waals surface area contributed by atoms with E-state index < -0.39 is 11.6 Å². The second-order valence-electron chi connectivity index (χ2n) is 14.9. The number of fused-ring (bicyclic) bond motifs is 1. The van der Waals surface area contributed by atoms with Crippen molar-refractivity contribution in [3.8, 4) is 22.4 Å². The first-order chi connectivity index (χ1) is 25.6. The average molecular weight is 727 g/mol. The molecule has 2 aromatic carbocycles. The Morgan fingerprint density at radius 3 is 2.53 bits per heavy atom. The lowest BCUT2D eigenvalue weighted by Gasteiger charge is -2.44. The van der Waals surface area contributed by atoms with Crippen LogP contribution in [0.1, 0.15) is 47.1 Å². The fourth-order valence-corrected chi connectivity index (χ4v) is 8.02. The zero-order valence-corrected chi connectivity index (χ0v) is 31.3. The highest BCUT2D eigenvalue weighted by atomic mass is 19.2. The summed E-state index contributed by atoms with van der Waals surface area (Å²) in [6.45, 7) is 13.2. The van der Waals surface area contributed by atoms with Gasteiger partial charge in [0.25, 0.3) is 5.91 Å². The summed E-state index contributed by atoms with van der Waals surface area (Å²) in [4.78, 5) is 22.4. The van der Waals surface area contributed by atoms with Crippen molar-refractivity contribution in [2.24, 2.45) is 11.8 Å². The summed E-state index contributed by atoms with van der Waals surface area (Å²) in [6, 6.07) is 8.83. The van der Waals surface area contributed by atoms with Crippen LogP contribution < -0.4 is 16.0 Å². The number of anilines is 2. The molecule has 5 aromatic rings. The van der Waals surface area contributed by atoms with Gasteiger partial charge in [0.2, 0.25) is 0 Å². The van der Waals surface area contributed by atoms with E-state index in [1.807, 2.05) is 32.0 Å². The average Bonchev–Trinajstić information content (AvgIpc) is 3.70. The van der Waals surface area contributed by atoms with Gasteiger partial charge in [-0.3, -0.25) is 13.9 Å². The maximum atomic E-state index is 15.9. The highest BCUT2D eigenvalue weighted by Crippen LogP contribution is 2.35. The summed E-state index contributed by atoms with van der Waals surface area (Å²) < 4.78 is 41.4. The number of imidazole rings is 1. The molecule has 11 nitrogen and oxygen atoms in total. The van der Waals surface area contributed by atoms with E-state index in [-0.39, 0.29) is 17.0 Å². The molecule has 0 bridgehead atoms. The zero-order chi connectivity index (χ0) is 37.3. The Kier molecular flexibility index (Phi) is 10.6. The molecule has 0 unspecified atom stereocenters. The maximum absolute atomic E-state index is 15.9. The smallest absolute Gasteiger partial charge is 0.251 e. The summed E-state index contributed by atoms with van der Waals surface area (Å²) >= 11 is 0. The van der Waals surface area contributed by atoms with Crippen molar-refractivity contribution in [1.29, 1.82) is 0 Å². The maximum Gasteiger partial charge on any atom is 0.251 e. The first-order valence-electron chi connectivity index (χ1n) is 18.6. The molecular weight excluding hydrogens is 676 g/mol. The summed E-state index contributed by atoms with van der Waals surface area (Å²) in [5.41, 5.74) is 5.30. The topological polar surface area (TPSA) is 110 Å². The normalized spacial score (nSPS) is 19.0. The number of likely N-dealkylation sites (tertiary alicyclic amines) is 1. The van der Waals surface area contributed by atoms with Gasteiger partial charge in [0.1, 0.15) is 0 Å². The number of nitrogens with one attached hydrogen (secondary N) is 3. The van der Waals surface area contributed by atoms with Crippen molar-refractivity contribution in [2.75, 3.05) is 65.3 Å². The SMILES string of the molecule is CCc1cc(Nc2nccn3c(-c4ccc(-c5c(C)nn(CCOC)c5C)c(F)c4F)cnc23)ccc1C(=O)NCC1CC[N+](C)(CC2CNC2)CC1. The van der Waals surface area contributed by atoms with E-state index in [2.05, 4.69) is 38.1 Å². The number of ether oxygens (including phenoxy) is 1. The number of benzene rings is 2. The van der Waals surface area contributed by atoms with Gasteiger partial charge in [-0.15, -0.1) is 0 Å². The van der Waals surface area contributed by atoms with Crippen molar-refractivity contribution in [1.82, 2.24) is 34.8 Å². The lowest BCUT2D eigenvalue weighted by Crippen LogP contribution is -2.58. The number of hydrogen-bond donors (Lipinski definition) is 3. The molecule has 2 fully saturated rings. The molecule has 2 saturated heterocycles. The second-order valence-corrected chi connectivity index (χ2v) is 14.9. The van der Waals surface area contributed by atoms with Gasteiger partial charge < -0.3 is 25.2 Å². The number of halogens is 2. The van der Waals surface area contributed by atoms with Crippen molar-refractivity contribution in [3.63, 3.8) is 0 Å². The molecule has 0 saturated carbocycles. The Bertz CT molecular complexity index is 2110. The van der Waals surface area contributed by atoms with Gasteiger partial charge in [-0.05, 0) is 56.0 Å². The van der Waals surface area contributed by atoms with E-state index in [1.165, 1.54) is 12.7 Å². The van der Waals surface area contributed by atoms with Gasteiger partial charge in [0, 0.05) is 91.5 Å². The van der Waals surface area contributed by atoms with Crippen LogP contribution in [0.3, 0.4) is 0 Å². The molecule has 5 heterocycles.